The summed E-state index contributed by atoms with van der Waals surface area (Å²) in [6.07, 6.45) is 3.63. The quantitative estimate of drug-likeness (QED) is 0.123. The molecule has 1 aromatic rings. The Morgan fingerprint density at radius 2 is 1.80 bits per heavy atom. The summed E-state index contributed by atoms with van der Waals surface area (Å²) in [4.78, 5) is 28.1. The molecule has 0 radical (unpaired) electrons. The molecule has 41 heavy (non-hydrogen) atoms. The maximum atomic E-state index is 13.0. The van der Waals surface area contributed by atoms with Crippen LogP contribution in [0.2, 0.25) is 0 Å². The minimum atomic E-state index is -1.45. The fourth-order valence-corrected chi connectivity index (χ4v) is 4.67. The van der Waals surface area contributed by atoms with Crippen molar-refractivity contribution in [2.75, 3.05) is 34.0 Å². The monoisotopic (exact) mass is 578 g/mol. The van der Waals surface area contributed by atoms with Gasteiger partial charge in [0.1, 0.15) is 0 Å². The summed E-state index contributed by atoms with van der Waals surface area (Å²) < 4.78 is 23.0. The molecule has 0 fully saturated rings. The van der Waals surface area contributed by atoms with Crippen LogP contribution in [0.3, 0.4) is 0 Å². The molecule has 0 heterocycles. The largest absolute Gasteiger partial charge is 0.493 e. The Hall–Kier alpha value is -2.45. The molecule has 0 saturated heterocycles. The zero-order chi connectivity index (χ0) is 31.1. The van der Waals surface area contributed by atoms with E-state index >= 15 is 0 Å². The molecule has 0 aliphatic heterocycles. The van der Waals surface area contributed by atoms with Crippen LogP contribution in [0.15, 0.2) is 23.2 Å². The molecule has 0 aromatic heterocycles. The number of unbranched alkanes of at least 4 members (excludes halogenated alkanes) is 1. The zero-order valence-corrected chi connectivity index (χ0v) is 26.7. The van der Waals surface area contributed by atoms with Crippen molar-refractivity contribution < 1.29 is 33.6 Å². The average Bonchev–Trinajstić information content (AvgIpc) is 2.89. The molecule has 0 bridgehead atoms. The molecule has 234 valence electrons. The van der Waals surface area contributed by atoms with Crippen LogP contribution in [0, 0.1) is 11.8 Å². The van der Waals surface area contributed by atoms with Crippen molar-refractivity contribution in [1.29, 1.82) is 0 Å². The van der Waals surface area contributed by atoms with Crippen molar-refractivity contribution in [2.45, 2.75) is 110 Å². The van der Waals surface area contributed by atoms with Crippen molar-refractivity contribution in [1.82, 2.24) is 5.32 Å². The van der Waals surface area contributed by atoms with E-state index in [1.807, 2.05) is 45.9 Å². The molecule has 9 heteroatoms. The summed E-state index contributed by atoms with van der Waals surface area (Å²) in [6, 6.07) is 5.95. The van der Waals surface area contributed by atoms with Crippen LogP contribution in [0.1, 0.15) is 86.1 Å². The van der Waals surface area contributed by atoms with Gasteiger partial charge in [0.2, 0.25) is 12.0 Å². The van der Waals surface area contributed by atoms with E-state index in [4.69, 9.17) is 18.9 Å². The number of nitrogens with one attached hydrogen (secondary N) is 1. The van der Waals surface area contributed by atoms with Crippen LogP contribution in [-0.4, -0.2) is 74.4 Å². The minimum absolute atomic E-state index is 0.0617. The highest BCUT2D eigenvalue weighted by atomic mass is 16.5. The van der Waals surface area contributed by atoms with E-state index in [-0.39, 0.29) is 18.3 Å². The van der Waals surface area contributed by atoms with Gasteiger partial charge in [0, 0.05) is 33.1 Å². The fourth-order valence-electron chi connectivity index (χ4n) is 4.67. The van der Waals surface area contributed by atoms with Gasteiger partial charge in [0.05, 0.1) is 31.5 Å². The van der Waals surface area contributed by atoms with E-state index in [1.165, 1.54) is 6.08 Å². The number of hydrogen-bond donors (Lipinski definition) is 2. The van der Waals surface area contributed by atoms with Crippen LogP contribution in [0.4, 0.5) is 0 Å². The highest BCUT2D eigenvalue weighted by Gasteiger charge is 2.39. The number of nitrogens with zero attached hydrogens (tertiary/aromatic N) is 1. The van der Waals surface area contributed by atoms with E-state index in [0.29, 0.717) is 37.7 Å². The molecule has 1 aromatic carbocycles. The molecule has 0 aliphatic rings. The van der Waals surface area contributed by atoms with Gasteiger partial charge >= 0.3 is 0 Å². The number of amides is 1. The number of aliphatic imine (C=N–C) groups is 1. The number of hydrogen-bond acceptors (Lipinski definition) is 8. The first-order valence-electron chi connectivity index (χ1n) is 14.8. The normalized spacial score (nSPS) is 15.4. The first-order chi connectivity index (χ1) is 19.3. The van der Waals surface area contributed by atoms with Crippen LogP contribution in [0.25, 0.3) is 0 Å². The van der Waals surface area contributed by atoms with E-state index in [2.05, 4.69) is 24.2 Å². The Labute approximate surface area is 247 Å². The Morgan fingerprint density at radius 3 is 2.37 bits per heavy atom. The number of ether oxygens (including phenoxy) is 4. The molecule has 9 nitrogen and oxygen atoms in total. The number of aliphatic hydroxyl groups is 1. The molecule has 0 spiro atoms. The topological polar surface area (TPSA) is 116 Å². The van der Waals surface area contributed by atoms with Gasteiger partial charge in [0.15, 0.2) is 17.0 Å². The molecular weight excluding hydrogens is 524 g/mol. The second-order valence-electron chi connectivity index (χ2n) is 12.3. The third kappa shape index (κ3) is 13.4. The number of rotatable bonds is 20. The molecule has 0 aliphatic carbocycles. The summed E-state index contributed by atoms with van der Waals surface area (Å²) in [5.74, 6) is 1.37. The van der Waals surface area contributed by atoms with Crippen LogP contribution >= 0.6 is 0 Å². The summed E-state index contributed by atoms with van der Waals surface area (Å²) in [5.41, 5.74) is -0.905. The highest BCUT2D eigenvalue weighted by molar-refractivity contribution is 5.86. The van der Waals surface area contributed by atoms with Crippen molar-refractivity contribution in [3.05, 3.63) is 23.8 Å². The third-order valence-electron chi connectivity index (χ3n) is 7.09. The summed E-state index contributed by atoms with van der Waals surface area (Å²) >= 11 is 0. The maximum absolute atomic E-state index is 13.0. The van der Waals surface area contributed by atoms with Crippen molar-refractivity contribution in [2.24, 2.45) is 16.8 Å². The number of isocyanates is 1. The number of methoxy groups -OCH3 is 2. The highest BCUT2D eigenvalue weighted by Crippen LogP contribution is 2.33. The second kappa shape index (κ2) is 18.2. The van der Waals surface area contributed by atoms with Gasteiger partial charge < -0.3 is 29.4 Å². The Balaban J connectivity index is 3.19. The van der Waals surface area contributed by atoms with Gasteiger partial charge in [-0.1, -0.05) is 33.3 Å². The predicted molar refractivity (Wildman–Crippen MR) is 161 cm³/mol. The number of aliphatic hydroxyl groups excluding tert-OH is 1. The van der Waals surface area contributed by atoms with Crippen molar-refractivity contribution in [3.63, 3.8) is 0 Å². The molecule has 0 saturated carbocycles. The number of carbonyl (C=O) groups excluding carboxylic acids is 2. The molecule has 1 rings (SSSR count). The smallest absolute Gasteiger partial charge is 0.248 e. The minimum Gasteiger partial charge on any atom is -0.493 e. The molecule has 1 amide bonds. The van der Waals surface area contributed by atoms with Crippen LogP contribution < -0.4 is 14.8 Å². The number of carbonyl (C=O) groups is 1. The van der Waals surface area contributed by atoms with Gasteiger partial charge in [-0.15, -0.1) is 0 Å². The van der Waals surface area contributed by atoms with E-state index in [1.54, 1.807) is 21.1 Å². The van der Waals surface area contributed by atoms with Gasteiger partial charge in [-0.05, 0) is 76.5 Å². The van der Waals surface area contributed by atoms with E-state index in [0.717, 1.165) is 31.2 Å². The SMILES string of the molecule is CCCCNC(=O)[C@@](C)(C[C@H](O)[C@H](C[C@H](Cc1ccc(OC)c(OCCCOC)c1)C(C)C)OC(C)(C)C)N=C=O. The van der Waals surface area contributed by atoms with Crippen molar-refractivity contribution in [3.8, 4) is 11.5 Å². The standard InChI is InChI=1S/C32H54N2O7/c1-10-11-15-33-30(37)32(7,34-22-35)21-26(36)28(41-31(4,5)6)20-25(23(2)3)18-24-13-14-27(39-9)29(19-24)40-17-12-16-38-8/h13-14,19,23,25-26,28,36H,10-12,15-18,20-21H2,1-9H3,(H,33,37)/t25-,26-,28-,32+/m0/s1. The molecule has 2 N–H and O–H groups in total. The van der Waals surface area contributed by atoms with Gasteiger partial charge in [0.25, 0.3) is 0 Å². The van der Waals surface area contributed by atoms with Crippen molar-refractivity contribution >= 4 is 12.0 Å². The lowest BCUT2D eigenvalue weighted by Gasteiger charge is -2.36. The molecule has 4 atom stereocenters. The Kier molecular flexibility index (Phi) is 16.2. The lowest BCUT2D eigenvalue weighted by atomic mass is 9.81. The summed E-state index contributed by atoms with van der Waals surface area (Å²) in [6.45, 7) is 15.3. The number of benzene rings is 1. The summed E-state index contributed by atoms with van der Waals surface area (Å²) in [5, 5.41) is 14.3. The maximum Gasteiger partial charge on any atom is 0.248 e. The van der Waals surface area contributed by atoms with E-state index in [9.17, 15) is 14.7 Å². The predicted octanol–water partition coefficient (Wildman–Crippen LogP) is 5.26. The summed E-state index contributed by atoms with van der Waals surface area (Å²) in [7, 11) is 3.29. The fraction of sp³-hybridized carbons (Fsp3) is 0.750. The van der Waals surface area contributed by atoms with E-state index < -0.39 is 29.3 Å². The Morgan fingerprint density at radius 1 is 1.10 bits per heavy atom. The lowest BCUT2D eigenvalue weighted by Crippen LogP contribution is -2.49. The lowest BCUT2D eigenvalue weighted by molar-refractivity contribution is -0.136. The van der Waals surface area contributed by atoms with Gasteiger partial charge in [-0.3, -0.25) is 4.79 Å². The van der Waals surface area contributed by atoms with Crippen LogP contribution in [0.5, 0.6) is 11.5 Å². The molecule has 0 unspecified atom stereocenters. The third-order valence-corrected chi connectivity index (χ3v) is 7.09. The Bertz CT molecular complexity index is 956. The first kappa shape index (κ1) is 36.6. The zero-order valence-electron chi connectivity index (χ0n) is 26.7. The first-order valence-corrected chi connectivity index (χ1v) is 14.8. The average molecular weight is 579 g/mol. The van der Waals surface area contributed by atoms with Crippen LogP contribution in [-0.2, 0) is 25.5 Å². The van der Waals surface area contributed by atoms with Gasteiger partial charge in [-0.25, -0.2) is 4.79 Å². The molecular formula is C32H54N2O7. The second-order valence-corrected chi connectivity index (χ2v) is 12.3. The van der Waals surface area contributed by atoms with Gasteiger partial charge in [-0.2, -0.15) is 4.99 Å².